The Morgan fingerprint density at radius 1 is 0.722 bits per heavy atom. The van der Waals surface area contributed by atoms with Gasteiger partial charge in [0.15, 0.2) is 0 Å². The Morgan fingerprint density at radius 3 is 1.47 bits per heavy atom. The Morgan fingerprint density at radius 2 is 1.11 bits per heavy atom. The van der Waals surface area contributed by atoms with Gasteiger partial charge in [0, 0.05) is 5.56 Å². The van der Waals surface area contributed by atoms with E-state index in [9.17, 15) is 70.7 Å². The van der Waals surface area contributed by atoms with Gasteiger partial charge in [-0.25, -0.2) is 0 Å². The summed E-state index contributed by atoms with van der Waals surface area (Å²) in [4.78, 5) is 0. The Kier molecular flexibility index (Phi) is 8.34. The SMILES string of the molecule is CC[N+]([O-])(CC)Cc1ccc(OS(=O)(=O)C(F)(F)C(F)(F)C(F)(F)C(F)(F)C(F)(F)C(F)(F)F)cc1. The van der Waals surface area contributed by atoms with Gasteiger partial charge in [-0.15, -0.1) is 0 Å². The van der Waals surface area contributed by atoms with Crippen LogP contribution in [0.1, 0.15) is 19.4 Å². The summed E-state index contributed by atoms with van der Waals surface area (Å²) in [5, 5.41) is 4.78. The number of hydrogen-bond acceptors (Lipinski definition) is 4. The third kappa shape index (κ3) is 5.05. The van der Waals surface area contributed by atoms with Crippen LogP contribution in [-0.4, -0.2) is 61.3 Å². The molecule has 0 N–H and O–H groups in total. The normalized spacial score (nSPS) is 15.2. The van der Waals surface area contributed by atoms with Gasteiger partial charge >= 0.3 is 45.2 Å². The van der Waals surface area contributed by atoms with Crippen molar-refractivity contribution in [2.75, 3.05) is 13.1 Å². The molecule has 0 amide bonds. The molecule has 0 saturated carbocycles. The summed E-state index contributed by atoms with van der Waals surface area (Å²) < 4.78 is 197. The molecular formula is C17H16F13NO4S. The summed E-state index contributed by atoms with van der Waals surface area (Å²) in [7, 11) is -7.44. The predicted octanol–water partition coefficient (Wildman–Crippen LogP) is 5.95. The summed E-state index contributed by atoms with van der Waals surface area (Å²) in [6.07, 6.45) is -7.63. The van der Waals surface area contributed by atoms with Crippen molar-refractivity contribution < 1.29 is 74.3 Å². The van der Waals surface area contributed by atoms with Gasteiger partial charge in [0.05, 0.1) is 13.1 Å². The lowest BCUT2D eigenvalue weighted by Crippen LogP contribution is -2.71. The first-order chi connectivity index (χ1) is 15.8. The zero-order valence-corrected chi connectivity index (χ0v) is 18.6. The number of nitrogens with zero attached hydrogens (tertiary/aromatic N) is 1. The molecular weight excluding hydrogens is 561 g/mol. The first-order valence-corrected chi connectivity index (χ1v) is 10.7. The van der Waals surface area contributed by atoms with E-state index < -0.39 is 55.6 Å². The van der Waals surface area contributed by atoms with Crippen LogP contribution in [0, 0.1) is 5.21 Å². The van der Waals surface area contributed by atoms with Crippen molar-refractivity contribution in [1.29, 1.82) is 0 Å². The highest BCUT2D eigenvalue weighted by Crippen LogP contribution is 2.61. The summed E-state index contributed by atoms with van der Waals surface area (Å²) >= 11 is 0. The van der Waals surface area contributed by atoms with Crippen molar-refractivity contribution in [3.05, 3.63) is 35.0 Å². The van der Waals surface area contributed by atoms with Crippen LogP contribution in [0.5, 0.6) is 5.75 Å². The number of halogens is 13. The van der Waals surface area contributed by atoms with Gasteiger partial charge in [-0.2, -0.15) is 65.5 Å². The first-order valence-electron chi connectivity index (χ1n) is 9.34. The molecule has 0 aliphatic carbocycles. The fourth-order valence-corrected chi connectivity index (χ4v) is 3.43. The molecule has 0 spiro atoms. The minimum Gasteiger partial charge on any atom is -0.633 e. The Hall–Kier alpha value is -2.02. The molecule has 0 atom stereocenters. The van der Waals surface area contributed by atoms with Crippen molar-refractivity contribution in [1.82, 2.24) is 0 Å². The molecule has 19 heteroatoms. The van der Waals surface area contributed by atoms with Gasteiger partial charge in [-0.3, -0.25) is 0 Å². The molecule has 0 heterocycles. The molecule has 0 radical (unpaired) electrons. The van der Waals surface area contributed by atoms with Crippen LogP contribution >= 0.6 is 0 Å². The van der Waals surface area contributed by atoms with Gasteiger partial charge in [0.2, 0.25) is 0 Å². The quantitative estimate of drug-likeness (QED) is 0.141. The van der Waals surface area contributed by atoms with Crippen molar-refractivity contribution in [2.45, 2.75) is 55.5 Å². The monoisotopic (exact) mass is 577 g/mol. The summed E-state index contributed by atoms with van der Waals surface area (Å²) in [5.74, 6) is -33.9. The molecule has 0 aliphatic rings. The number of alkyl halides is 13. The lowest BCUT2D eigenvalue weighted by Gasteiger charge is -2.41. The second-order valence-electron chi connectivity index (χ2n) is 7.34. The van der Waals surface area contributed by atoms with Crippen LogP contribution < -0.4 is 4.18 Å². The zero-order chi connectivity index (χ0) is 28.8. The Bertz CT molecular complexity index is 1020. The van der Waals surface area contributed by atoms with E-state index in [-0.39, 0.29) is 25.2 Å². The van der Waals surface area contributed by atoms with E-state index in [1.165, 1.54) is 13.8 Å². The molecule has 0 aliphatic heterocycles. The number of benzene rings is 1. The molecule has 0 unspecified atom stereocenters. The molecule has 1 aromatic rings. The maximum atomic E-state index is 13.9. The molecule has 36 heavy (non-hydrogen) atoms. The van der Waals surface area contributed by atoms with Crippen LogP contribution in [0.25, 0.3) is 0 Å². The van der Waals surface area contributed by atoms with Crippen molar-refractivity contribution in [3.8, 4) is 5.75 Å². The van der Waals surface area contributed by atoms with Crippen LogP contribution in [0.4, 0.5) is 57.1 Å². The average molecular weight is 577 g/mol. The van der Waals surface area contributed by atoms with Gasteiger partial charge < -0.3 is 14.0 Å². The molecule has 0 saturated heterocycles. The standard InChI is InChI=1S/C17H16F13NO4S/c1-3-31(32,4-2)9-10-5-7-11(8-6-10)35-36(33,34)17(29,30)15(24,25)13(20,21)12(18,19)14(22,23)16(26,27)28/h5-8H,3-4,9H2,1-2H3. The molecule has 210 valence electrons. The molecule has 0 fully saturated rings. The molecule has 1 aromatic carbocycles. The smallest absolute Gasteiger partial charge is 0.460 e. The second kappa shape index (κ2) is 9.38. The van der Waals surface area contributed by atoms with Crippen LogP contribution in [0.2, 0.25) is 0 Å². The highest BCUT2D eigenvalue weighted by molar-refractivity contribution is 7.88. The summed E-state index contributed by atoms with van der Waals surface area (Å²) in [5.41, 5.74) is 0.121. The minimum absolute atomic E-state index is 0.0522. The van der Waals surface area contributed by atoms with E-state index in [2.05, 4.69) is 4.18 Å². The van der Waals surface area contributed by atoms with Crippen molar-refractivity contribution >= 4 is 10.1 Å². The molecule has 0 bridgehead atoms. The lowest BCUT2D eigenvalue weighted by atomic mass is 9.98. The highest BCUT2D eigenvalue weighted by Gasteiger charge is 2.93. The summed E-state index contributed by atoms with van der Waals surface area (Å²) in [6, 6.07) is 2.68. The highest BCUT2D eigenvalue weighted by atomic mass is 32.2. The Balaban J connectivity index is 3.38. The first kappa shape index (κ1) is 32.0. The van der Waals surface area contributed by atoms with Gasteiger partial charge in [-0.05, 0) is 38.1 Å². The van der Waals surface area contributed by atoms with Crippen molar-refractivity contribution in [3.63, 3.8) is 0 Å². The van der Waals surface area contributed by atoms with E-state index in [1.807, 2.05) is 0 Å². The van der Waals surface area contributed by atoms with Gasteiger partial charge in [0.1, 0.15) is 12.3 Å². The van der Waals surface area contributed by atoms with E-state index in [0.717, 1.165) is 12.1 Å². The van der Waals surface area contributed by atoms with E-state index in [1.54, 1.807) is 0 Å². The maximum absolute atomic E-state index is 13.9. The number of hydrogen-bond donors (Lipinski definition) is 0. The molecule has 5 nitrogen and oxygen atoms in total. The maximum Gasteiger partial charge on any atom is 0.460 e. The predicted molar refractivity (Wildman–Crippen MR) is 95.2 cm³/mol. The van der Waals surface area contributed by atoms with Gasteiger partial charge in [-0.1, -0.05) is 0 Å². The topological polar surface area (TPSA) is 66.4 Å². The zero-order valence-electron chi connectivity index (χ0n) is 17.8. The number of rotatable bonds is 11. The van der Waals surface area contributed by atoms with E-state index >= 15 is 0 Å². The molecule has 0 aromatic heterocycles. The largest absolute Gasteiger partial charge is 0.633 e. The fourth-order valence-electron chi connectivity index (χ4n) is 2.52. The Labute approximate surface area is 194 Å². The third-order valence-corrected chi connectivity index (χ3v) is 6.27. The fraction of sp³-hybridized carbons (Fsp3) is 0.647. The minimum atomic E-state index is -8.28. The average Bonchev–Trinajstić information content (AvgIpc) is 2.73. The van der Waals surface area contributed by atoms with Crippen LogP contribution in [0.3, 0.4) is 0 Å². The van der Waals surface area contributed by atoms with E-state index in [0.29, 0.717) is 12.1 Å². The molecule has 1 rings (SSSR count). The summed E-state index contributed by atoms with van der Waals surface area (Å²) in [6.45, 7) is 2.86. The number of quaternary nitrogens is 1. The lowest BCUT2D eigenvalue weighted by molar-refractivity contribution is -0.890. The third-order valence-electron chi connectivity index (χ3n) is 4.97. The van der Waals surface area contributed by atoms with Crippen LogP contribution in [0.15, 0.2) is 24.3 Å². The number of hydroxylamine groups is 3. The van der Waals surface area contributed by atoms with Gasteiger partial charge in [0.25, 0.3) is 0 Å². The van der Waals surface area contributed by atoms with Crippen LogP contribution in [-0.2, 0) is 16.7 Å². The van der Waals surface area contributed by atoms with Crippen molar-refractivity contribution in [2.24, 2.45) is 0 Å². The van der Waals surface area contributed by atoms with E-state index in [4.69, 9.17) is 0 Å². The second-order valence-corrected chi connectivity index (χ2v) is 8.93.